The molecule has 9 heteroatoms. The molecule has 2 aliphatic rings. The quantitative estimate of drug-likeness (QED) is 0.294. The summed E-state index contributed by atoms with van der Waals surface area (Å²) in [4.78, 5) is 25.3. The maximum absolute atomic E-state index is 13.3. The molecule has 0 bridgehead atoms. The normalized spacial score (nSPS) is 15.5. The Morgan fingerprint density at radius 2 is 1.81 bits per heavy atom. The lowest BCUT2D eigenvalue weighted by molar-refractivity contribution is 0.0691. The molecule has 1 aliphatic heterocycles. The standard InChI is InChI=1S/C27H33NO8/c1-4-34-13-18-22(30)21(26(31)32)15(3)23-25(18)36-27(33)20-14(2)10-19(29)17(24(20)35-23)12-28-11-16-8-6-5-7-9-16/h10,16,28-30H,4-9,11-13H2,1-3H3,(H,31,32). The van der Waals surface area contributed by atoms with Gasteiger partial charge in [-0.2, -0.15) is 0 Å². The maximum Gasteiger partial charge on any atom is 0.347 e. The molecule has 0 saturated heterocycles. The molecule has 0 atom stereocenters. The lowest BCUT2D eigenvalue weighted by atomic mass is 9.89. The number of carbonyl (C=O) groups excluding carboxylic acids is 1. The Hall–Kier alpha value is -3.30. The summed E-state index contributed by atoms with van der Waals surface area (Å²) in [7, 11) is 0. The Bertz CT molecular complexity index is 1180. The first-order chi connectivity index (χ1) is 17.2. The third-order valence-electron chi connectivity index (χ3n) is 7.00. The highest BCUT2D eigenvalue weighted by Gasteiger charge is 2.35. The van der Waals surface area contributed by atoms with Gasteiger partial charge in [-0.05, 0) is 57.7 Å². The van der Waals surface area contributed by atoms with Gasteiger partial charge in [0.15, 0.2) is 17.2 Å². The average Bonchev–Trinajstić information content (AvgIpc) is 2.98. The zero-order chi connectivity index (χ0) is 26.0. The predicted molar refractivity (Wildman–Crippen MR) is 131 cm³/mol. The molecule has 194 valence electrons. The molecule has 0 radical (unpaired) electrons. The highest BCUT2D eigenvalue weighted by atomic mass is 16.6. The van der Waals surface area contributed by atoms with Crippen LogP contribution in [0.5, 0.6) is 28.7 Å². The van der Waals surface area contributed by atoms with Gasteiger partial charge in [0.1, 0.15) is 22.6 Å². The van der Waals surface area contributed by atoms with Gasteiger partial charge in [-0.1, -0.05) is 19.3 Å². The van der Waals surface area contributed by atoms with E-state index < -0.39 is 17.7 Å². The number of esters is 1. The minimum atomic E-state index is -1.36. The van der Waals surface area contributed by atoms with Crippen LogP contribution in [0.1, 0.15) is 82.0 Å². The second-order valence-electron chi connectivity index (χ2n) is 9.45. The van der Waals surface area contributed by atoms with Crippen LogP contribution in [0.25, 0.3) is 0 Å². The number of hydrogen-bond donors (Lipinski definition) is 4. The second-order valence-corrected chi connectivity index (χ2v) is 9.45. The third kappa shape index (κ3) is 4.85. The topological polar surface area (TPSA) is 135 Å². The summed E-state index contributed by atoms with van der Waals surface area (Å²) in [6, 6.07) is 1.49. The smallest absolute Gasteiger partial charge is 0.347 e. The molecule has 2 aromatic carbocycles. The van der Waals surface area contributed by atoms with E-state index in [9.17, 15) is 24.9 Å². The van der Waals surface area contributed by atoms with Crippen LogP contribution < -0.4 is 14.8 Å². The number of aromatic carboxylic acids is 1. The van der Waals surface area contributed by atoms with E-state index in [2.05, 4.69) is 5.32 Å². The molecule has 2 aromatic rings. The predicted octanol–water partition coefficient (Wildman–Crippen LogP) is 4.94. The molecule has 0 amide bonds. The molecule has 1 saturated carbocycles. The number of nitrogens with one attached hydrogen (secondary N) is 1. The van der Waals surface area contributed by atoms with Gasteiger partial charge in [-0.25, -0.2) is 9.59 Å². The molecule has 1 aliphatic carbocycles. The van der Waals surface area contributed by atoms with Crippen LogP contribution in [-0.4, -0.2) is 40.4 Å². The molecular formula is C27H33NO8. The molecular weight excluding hydrogens is 466 g/mol. The SMILES string of the molecule is CCOCc1c(O)c(C(=O)O)c(C)c2c1OC(=O)c1c(C)cc(O)c(CNCC3CCCCC3)c1O2. The monoisotopic (exact) mass is 499 g/mol. The van der Waals surface area contributed by atoms with Gasteiger partial charge < -0.3 is 34.8 Å². The Morgan fingerprint density at radius 1 is 1.08 bits per heavy atom. The van der Waals surface area contributed by atoms with E-state index in [4.69, 9.17) is 14.2 Å². The highest BCUT2D eigenvalue weighted by molar-refractivity contribution is 6.00. The number of carboxylic acids is 1. The first kappa shape index (κ1) is 25.8. The van der Waals surface area contributed by atoms with Crippen molar-refractivity contribution >= 4 is 11.9 Å². The zero-order valence-corrected chi connectivity index (χ0v) is 20.9. The van der Waals surface area contributed by atoms with Crippen LogP contribution in [0.4, 0.5) is 0 Å². The summed E-state index contributed by atoms with van der Waals surface area (Å²) < 4.78 is 17.3. The number of fused-ring (bicyclic) bond motifs is 2. The van der Waals surface area contributed by atoms with Gasteiger partial charge in [0, 0.05) is 18.7 Å². The zero-order valence-electron chi connectivity index (χ0n) is 20.9. The van der Waals surface area contributed by atoms with Crippen LogP contribution in [0.15, 0.2) is 6.07 Å². The van der Waals surface area contributed by atoms with Gasteiger partial charge in [-0.3, -0.25) is 0 Å². The maximum atomic E-state index is 13.3. The van der Waals surface area contributed by atoms with E-state index in [0.29, 0.717) is 23.7 Å². The minimum absolute atomic E-state index is 0.00877. The number of hydrogen-bond acceptors (Lipinski definition) is 8. The van der Waals surface area contributed by atoms with E-state index >= 15 is 0 Å². The summed E-state index contributed by atoms with van der Waals surface area (Å²) in [5, 5.41) is 34.7. The molecule has 1 fully saturated rings. The van der Waals surface area contributed by atoms with Gasteiger partial charge >= 0.3 is 11.9 Å². The van der Waals surface area contributed by atoms with Gasteiger partial charge in [0.2, 0.25) is 0 Å². The summed E-state index contributed by atoms with van der Waals surface area (Å²) in [5.74, 6) is -2.09. The van der Waals surface area contributed by atoms with Crippen LogP contribution in [-0.2, 0) is 17.9 Å². The van der Waals surface area contributed by atoms with E-state index in [1.807, 2.05) is 0 Å². The number of carbonyl (C=O) groups is 2. The molecule has 0 spiro atoms. The van der Waals surface area contributed by atoms with E-state index in [0.717, 1.165) is 19.4 Å². The lowest BCUT2D eigenvalue weighted by Crippen LogP contribution is -2.24. The molecule has 1 heterocycles. The second kappa shape index (κ2) is 10.8. The van der Waals surface area contributed by atoms with Crippen molar-refractivity contribution in [1.29, 1.82) is 0 Å². The highest BCUT2D eigenvalue weighted by Crippen LogP contribution is 2.50. The van der Waals surface area contributed by atoms with Crippen molar-refractivity contribution in [3.8, 4) is 28.7 Å². The number of aromatic hydroxyl groups is 2. The van der Waals surface area contributed by atoms with E-state index in [1.165, 1.54) is 32.3 Å². The van der Waals surface area contributed by atoms with Crippen molar-refractivity contribution in [1.82, 2.24) is 5.32 Å². The fourth-order valence-electron chi connectivity index (χ4n) is 5.07. The summed E-state index contributed by atoms with van der Waals surface area (Å²) in [6.07, 6.45) is 6.00. The van der Waals surface area contributed by atoms with Crippen LogP contribution >= 0.6 is 0 Å². The van der Waals surface area contributed by atoms with Crippen LogP contribution in [0, 0.1) is 19.8 Å². The third-order valence-corrected chi connectivity index (χ3v) is 7.00. The first-order valence-electron chi connectivity index (χ1n) is 12.4. The lowest BCUT2D eigenvalue weighted by Gasteiger charge is -2.23. The van der Waals surface area contributed by atoms with E-state index in [-0.39, 0.29) is 58.4 Å². The number of phenols is 2. The fourth-order valence-corrected chi connectivity index (χ4v) is 5.07. The van der Waals surface area contributed by atoms with E-state index in [1.54, 1.807) is 13.8 Å². The van der Waals surface area contributed by atoms with Crippen molar-refractivity contribution < 1.29 is 39.1 Å². The number of ether oxygens (including phenoxy) is 3. The fraction of sp³-hybridized carbons (Fsp3) is 0.481. The molecule has 36 heavy (non-hydrogen) atoms. The molecule has 4 N–H and O–H groups in total. The Labute approximate surface area is 210 Å². The number of rotatable bonds is 8. The summed E-state index contributed by atoms with van der Waals surface area (Å²) in [5.41, 5.74) is 0.705. The number of carboxylic acid groups (broad SMARTS) is 1. The van der Waals surface area contributed by atoms with Crippen molar-refractivity contribution in [3.63, 3.8) is 0 Å². The Morgan fingerprint density at radius 3 is 2.47 bits per heavy atom. The van der Waals surface area contributed by atoms with Crippen LogP contribution in [0.3, 0.4) is 0 Å². The van der Waals surface area contributed by atoms with Crippen molar-refractivity contribution in [2.45, 2.75) is 66.0 Å². The minimum Gasteiger partial charge on any atom is -0.507 e. The van der Waals surface area contributed by atoms with Crippen molar-refractivity contribution in [2.75, 3.05) is 13.2 Å². The van der Waals surface area contributed by atoms with Gasteiger partial charge in [-0.15, -0.1) is 0 Å². The van der Waals surface area contributed by atoms with Crippen LogP contribution in [0.2, 0.25) is 0 Å². The molecule has 9 nitrogen and oxygen atoms in total. The first-order valence-corrected chi connectivity index (χ1v) is 12.4. The number of aryl methyl sites for hydroxylation is 1. The van der Waals surface area contributed by atoms with Crippen molar-refractivity contribution in [3.05, 3.63) is 39.4 Å². The number of benzene rings is 2. The Kier molecular flexibility index (Phi) is 7.70. The largest absolute Gasteiger partial charge is 0.507 e. The van der Waals surface area contributed by atoms with Gasteiger partial charge in [0.25, 0.3) is 0 Å². The molecule has 0 aromatic heterocycles. The van der Waals surface area contributed by atoms with Gasteiger partial charge in [0.05, 0.1) is 17.7 Å². The average molecular weight is 500 g/mol. The summed E-state index contributed by atoms with van der Waals surface area (Å²) in [6.45, 7) is 6.02. The van der Waals surface area contributed by atoms with Crippen molar-refractivity contribution in [2.24, 2.45) is 5.92 Å². The summed E-state index contributed by atoms with van der Waals surface area (Å²) >= 11 is 0. The number of phenolic OH excluding ortho intramolecular Hbond substituents is 1. The Balaban J connectivity index is 1.80. The molecule has 4 rings (SSSR count). The molecule has 0 unspecified atom stereocenters.